The van der Waals surface area contributed by atoms with Crippen LogP contribution in [0.3, 0.4) is 0 Å². The van der Waals surface area contributed by atoms with Crippen LogP contribution >= 0.6 is 11.8 Å². The minimum atomic E-state index is -4.05. The molecule has 0 aliphatic carbocycles. The van der Waals surface area contributed by atoms with Crippen LogP contribution in [0.25, 0.3) is 0 Å². The lowest BCUT2D eigenvalue weighted by Crippen LogP contribution is -2.50. The van der Waals surface area contributed by atoms with Crippen LogP contribution in [0.4, 0.5) is 0 Å². The first-order chi connectivity index (χ1) is 15.5. The second-order valence-electron chi connectivity index (χ2n) is 7.45. The van der Waals surface area contributed by atoms with Crippen molar-refractivity contribution in [2.75, 3.05) is 38.2 Å². The number of methoxy groups -OCH3 is 1. The molecular weight excluding hydrogens is 450 g/mol. The minimum absolute atomic E-state index is 0.00312. The fourth-order valence-electron chi connectivity index (χ4n) is 3.62. The largest absolute Gasteiger partial charge is 0.497 e. The van der Waals surface area contributed by atoms with Gasteiger partial charge in [-0.3, -0.25) is 10.0 Å². The van der Waals surface area contributed by atoms with E-state index in [2.05, 4.69) is 4.90 Å². The highest BCUT2D eigenvalue weighted by Crippen LogP contribution is 2.25. The minimum Gasteiger partial charge on any atom is -0.497 e. The second kappa shape index (κ2) is 11.7. The topological polar surface area (TPSA) is 99.2 Å². The van der Waals surface area contributed by atoms with Gasteiger partial charge >= 0.3 is 0 Å². The monoisotopic (exact) mass is 479 g/mol. The maximum Gasteiger partial charge on any atom is 0.261 e. The molecule has 8 nitrogen and oxygen atoms in total. The van der Waals surface area contributed by atoms with E-state index in [0.29, 0.717) is 12.3 Å². The summed E-state index contributed by atoms with van der Waals surface area (Å²) >= 11 is 1.88. The molecule has 32 heavy (non-hydrogen) atoms. The highest BCUT2D eigenvalue weighted by molar-refractivity contribution is 7.99. The van der Waals surface area contributed by atoms with Crippen LogP contribution in [-0.2, 0) is 21.4 Å². The van der Waals surface area contributed by atoms with Gasteiger partial charge in [0.2, 0.25) is 10.0 Å². The lowest BCUT2D eigenvalue weighted by atomic mass is 10.1. The number of hydroxylamine groups is 1. The Bertz CT molecular complexity index is 965. The molecule has 1 saturated heterocycles. The molecule has 2 aromatic rings. The third-order valence-corrected chi connectivity index (χ3v) is 8.24. The first kappa shape index (κ1) is 24.5. The number of sulfonamides is 1. The Morgan fingerprint density at radius 2 is 1.81 bits per heavy atom. The van der Waals surface area contributed by atoms with Crippen LogP contribution in [0.2, 0.25) is 0 Å². The van der Waals surface area contributed by atoms with E-state index in [9.17, 15) is 18.4 Å². The number of hydrogen-bond donors (Lipinski definition) is 2. The van der Waals surface area contributed by atoms with E-state index in [1.165, 1.54) is 23.5 Å². The number of carbonyl (C=O) groups is 1. The molecule has 1 aliphatic rings. The van der Waals surface area contributed by atoms with Gasteiger partial charge in [0.25, 0.3) is 5.91 Å². The van der Waals surface area contributed by atoms with Crippen LogP contribution in [-0.4, -0.2) is 73.0 Å². The fourth-order valence-corrected chi connectivity index (χ4v) is 6.20. The van der Waals surface area contributed by atoms with E-state index < -0.39 is 22.0 Å². The molecule has 0 bridgehead atoms. The van der Waals surface area contributed by atoms with Crippen molar-refractivity contribution < 1.29 is 23.2 Å². The summed E-state index contributed by atoms with van der Waals surface area (Å²) in [7, 11) is -2.54. The summed E-state index contributed by atoms with van der Waals surface area (Å²) in [6.07, 6.45) is 0.263. The van der Waals surface area contributed by atoms with E-state index in [1.807, 2.05) is 42.1 Å². The zero-order valence-corrected chi connectivity index (χ0v) is 19.6. The van der Waals surface area contributed by atoms with Crippen LogP contribution < -0.4 is 10.2 Å². The van der Waals surface area contributed by atoms with Gasteiger partial charge in [0.1, 0.15) is 11.8 Å². The highest BCUT2D eigenvalue weighted by atomic mass is 32.2. The van der Waals surface area contributed by atoms with Crippen molar-refractivity contribution in [1.29, 1.82) is 0 Å². The molecule has 0 radical (unpaired) electrons. The van der Waals surface area contributed by atoms with E-state index >= 15 is 0 Å². The molecule has 1 amide bonds. The Balaban J connectivity index is 1.94. The van der Waals surface area contributed by atoms with Gasteiger partial charge < -0.3 is 9.64 Å². The van der Waals surface area contributed by atoms with Gasteiger partial charge in [0, 0.05) is 37.7 Å². The summed E-state index contributed by atoms with van der Waals surface area (Å²) in [5, 5.41) is 9.41. The molecule has 1 aliphatic heterocycles. The second-order valence-corrected chi connectivity index (χ2v) is 10.6. The zero-order chi connectivity index (χ0) is 23.0. The maximum absolute atomic E-state index is 13.7. The Labute approximate surface area is 193 Å². The van der Waals surface area contributed by atoms with Crippen LogP contribution in [0.15, 0.2) is 59.5 Å². The Morgan fingerprint density at radius 1 is 1.16 bits per heavy atom. The molecule has 2 N–H and O–H groups in total. The molecule has 174 valence electrons. The predicted octanol–water partition coefficient (Wildman–Crippen LogP) is 2.20. The van der Waals surface area contributed by atoms with Gasteiger partial charge in [-0.1, -0.05) is 30.3 Å². The normalized spacial score (nSPS) is 16.0. The summed E-state index contributed by atoms with van der Waals surface area (Å²) in [6.45, 7) is 2.34. The Hall–Kier alpha value is -2.11. The summed E-state index contributed by atoms with van der Waals surface area (Å²) in [6, 6.07) is 14.1. The van der Waals surface area contributed by atoms with E-state index in [-0.39, 0.29) is 17.9 Å². The first-order valence-corrected chi connectivity index (χ1v) is 13.0. The van der Waals surface area contributed by atoms with Gasteiger partial charge in [-0.2, -0.15) is 16.1 Å². The molecule has 0 aromatic heterocycles. The summed E-state index contributed by atoms with van der Waals surface area (Å²) in [4.78, 5) is 15.0. The smallest absolute Gasteiger partial charge is 0.261 e. The van der Waals surface area contributed by atoms with Crippen LogP contribution in [0.5, 0.6) is 5.75 Å². The number of carbonyl (C=O) groups excluding carboxylic acids is 1. The van der Waals surface area contributed by atoms with Crippen LogP contribution in [0.1, 0.15) is 12.0 Å². The molecular formula is C22H29N3O5S2. The van der Waals surface area contributed by atoms with E-state index in [4.69, 9.17) is 4.74 Å². The number of amides is 1. The van der Waals surface area contributed by atoms with Gasteiger partial charge in [-0.25, -0.2) is 13.9 Å². The Kier molecular flexibility index (Phi) is 8.94. The average molecular weight is 480 g/mol. The number of nitrogens with zero attached hydrogens (tertiary/aromatic N) is 2. The number of rotatable bonds is 10. The SMILES string of the molecule is COc1ccc(S(=O)(=O)N(Cc2ccccc2)C(CCN2CCSCC2)C(=O)NO)cc1. The number of nitrogens with one attached hydrogen (secondary N) is 1. The number of hydrogen-bond acceptors (Lipinski definition) is 7. The van der Waals surface area contributed by atoms with Gasteiger partial charge in [-0.15, -0.1) is 0 Å². The third kappa shape index (κ3) is 6.23. The Morgan fingerprint density at radius 3 is 2.41 bits per heavy atom. The van der Waals surface area contributed by atoms with Crippen molar-refractivity contribution in [3.8, 4) is 5.75 Å². The number of benzene rings is 2. The molecule has 2 aromatic carbocycles. The van der Waals surface area contributed by atoms with Crippen molar-refractivity contribution in [2.24, 2.45) is 0 Å². The molecule has 10 heteroatoms. The molecule has 1 atom stereocenters. The first-order valence-electron chi connectivity index (χ1n) is 10.4. The van der Waals surface area contributed by atoms with E-state index in [0.717, 1.165) is 30.2 Å². The summed E-state index contributed by atoms with van der Waals surface area (Å²) in [5.74, 6) is 1.80. The average Bonchev–Trinajstić information content (AvgIpc) is 2.84. The fraction of sp³-hybridized carbons (Fsp3) is 0.409. The van der Waals surface area contributed by atoms with Crippen molar-refractivity contribution >= 4 is 27.7 Å². The summed E-state index contributed by atoms with van der Waals surface area (Å²) < 4.78 is 33.6. The van der Waals surface area contributed by atoms with Crippen molar-refractivity contribution in [2.45, 2.75) is 23.9 Å². The van der Waals surface area contributed by atoms with Crippen molar-refractivity contribution in [3.63, 3.8) is 0 Å². The lowest BCUT2D eigenvalue weighted by Gasteiger charge is -2.32. The number of ether oxygens (including phenoxy) is 1. The lowest BCUT2D eigenvalue weighted by molar-refractivity contribution is -0.133. The molecule has 1 heterocycles. The highest BCUT2D eigenvalue weighted by Gasteiger charge is 2.36. The molecule has 0 saturated carbocycles. The van der Waals surface area contributed by atoms with Gasteiger partial charge in [0.15, 0.2) is 0 Å². The van der Waals surface area contributed by atoms with Crippen molar-refractivity contribution in [3.05, 3.63) is 60.2 Å². The predicted molar refractivity (Wildman–Crippen MR) is 124 cm³/mol. The van der Waals surface area contributed by atoms with Gasteiger partial charge in [0.05, 0.1) is 12.0 Å². The maximum atomic E-state index is 13.7. The molecule has 3 rings (SSSR count). The van der Waals surface area contributed by atoms with Crippen LogP contribution in [0, 0.1) is 0 Å². The van der Waals surface area contributed by atoms with Crippen molar-refractivity contribution in [1.82, 2.24) is 14.7 Å². The quantitative estimate of drug-likeness (QED) is 0.398. The number of thioether (sulfide) groups is 1. The third-order valence-electron chi connectivity index (χ3n) is 5.43. The van der Waals surface area contributed by atoms with Gasteiger partial charge in [-0.05, 0) is 36.2 Å². The van der Waals surface area contributed by atoms with E-state index in [1.54, 1.807) is 17.6 Å². The molecule has 1 unspecified atom stereocenters. The molecule has 0 spiro atoms. The molecule has 1 fully saturated rings. The zero-order valence-electron chi connectivity index (χ0n) is 18.0. The standard InChI is InChI=1S/C22H29N3O5S2/c1-30-19-7-9-20(10-8-19)32(28,29)25(17-18-5-3-2-4-6-18)21(22(26)23-27)11-12-24-13-15-31-16-14-24/h2-10,21,27H,11-17H2,1H3,(H,23,26). The summed E-state index contributed by atoms with van der Waals surface area (Å²) in [5.41, 5.74) is 2.42.